The molecule has 0 fully saturated rings. The van der Waals surface area contributed by atoms with Crippen LogP contribution in [-0.4, -0.2) is 26.4 Å². The molecule has 0 radical (unpaired) electrons. The Labute approximate surface area is 159 Å². The Balaban J connectivity index is 2.27. The van der Waals surface area contributed by atoms with Crippen molar-refractivity contribution in [3.63, 3.8) is 0 Å². The zero-order valence-electron chi connectivity index (χ0n) is 13.7. The topological polar surface area (TPSA) is 115 Å². The van der Waals surface area contributed by atoms with Crippen LogP contribution in [0.3, 0.4) is 0 Å². The molecule has 27 heavy (non-hydrogen) atoms. The van der Waals surface area contributed by atoms with Crippen molar-refractivity contribution in [2.45, 2.75) is 25.2 Å². The van der Waals surface area contributed by atoms with E-state index in [9.17, 15) is 23.1 Å². The van der Waals surface area contributed by atoms with E-state index in [-0.39, 0.29) is 15.7 Å². The number of amides is 1. The number of rotatable bonds is 4. The lowest BCUT2D eigenvalue weighted by atomic mass is 10.0. The van der Waals surface area contributed by atoms with Crippen LogP contribution in [0, 0.1) is 22.7 Å². The first kappa shape index (κ1) is 20.4. The van der Waals surface area contributed by atoms with Crippen molar-refractivity contribution in [2.75, 3.05) is 5.32 Å². The van der Waals surface area contributed by atoms with Gasteiger partial charge in [-0.25, -0.2) is 0 Å². The first-order valence-corrected chi connectivity index (χ1v) is 8.05. The van der Waals surface area contributed by atoms with Crippen LogP contribution in [-0.2, 0) is 17.5 Å². The lowest BCUT2D eigenvalue weighted by Gasteiger charge is -2.23. The van der Waals surface area contributed by atoms with Crippen molar-refractivity contribution in [1.29, 1.82) is 10.5 Å². The van der Waals surface area contributed by atoms with E-state index in [2.05, 4.69) is 21.0 Å². The van der Waals surface area contributed by atoms with Gasteiger partial charge in [-0.1, -0.05) is 0 Å². The molecule has 0 aliphatic rings. The van der Waals surface area contributed by atoms with Crippen LogP contribution in [0.5, 0.6) is 0 Å². The van der Waals surface area contributed by atoms with E-state index >= 15 is 0 Å². The maximum atomic E-state index is 13.2. The van der Waals surface area contributed by atoms with Crippen molar-refractivity contribution < 1.29 is 23.1 Å². The minimum Gasteiger partial charge on any atom is -0.378 e. The van der Waals surface area contributed by atoms with Crippen molar-refractivity contribution >= 4 is 27.5 Å². The predicted octanol–water partition coefficient (Wildman–Crippen LogP) is 2.80. The van der Waals surface area contributed by atoms with Crippen molar-refractivity contribution in [1.82, 2.24) is 9.78 Å². The normalized spacial score (nSPS) is 13.3. The molecule has 1 atom stereocenters. The third-order valence-corrected chi connectivity index (χ3v) is 4.08. The highest BCUT2D eigenvalue weighted by Crippen LogP contribution is 2.35. The molecule has 140 valence electrons. The summed E-state index contributed by atoms with van der Waals surface area (Å²) in [6.07, 6.45) is -3.54. The number of nitriles is 2. The maximum absolute atomic E-state index is 13.2. The molecule has 1 amide bonds. The first-order chi connectivity index (χ1) is 12.5. The predicted molar refractivity (Wildman–Crippen MR) is 90.1 cm³/mol. The summed E-state index contributed by atoms with van der Waals surface area (Å²) < 4.78 is 40.8. The summed E-state index contributed by atoms with van der Waals surface area (Å²) in [7, 11) is 0. The smallest absolute Gasteiger partial charge is 0.378 e. The lowest BCUT2D eigenvalue weighted by molar-refractivity contribution is -0.137. The molecule has 1 aromatic carbocycles. The Morgan fingerprint density at radius 3 is 2.56 bits per heavy atom. The van der Waals surface area contributed by atoms with Gasteiger partial charge in [0, 0.05) is 6.20 Å². The Bertz CT molecular complexity index is 970. The minimum atomic E-state index is -4.81. The van der Waals surface area contributed by atoms with Crippen LogP contribution in [0.1, 0.15) is 23.6 Å². The summed E-state index contributed by atoms with van der Waals surface area (Å²) in [4.78, 5) is 12.3. The Kier molecular flexibility index (Phi) is 5.59. The van der Waals surface area contributed by atoms with Crippen molar-refractivity contribution in [3.8, 4) is 12.1 Å². The van der Waals surface area contributed by atoms with E-state index in [1.165, 1.54) is 6.20 Å². The number of hydrogen-bond donors (Lipinski definition) is 2. The van der Waals surface area contributed by atoms with Crippen LogP contribution >= 0.6 is 15.9 Å². The highest BCUT2D eigenvalue weighted by Gasteiger charge is 2.37. The van der Waals surface area contributed by atoms with E-state index in [1.807, 2.05) is 11.4 Å². The fraction of sp³-hybridized carbons (Fsp3) is 0.250. The Morgan fingerprint density at radius 2 is 2.04 bits per heavy atom. The second-order valence-electron chi connectivity index (χ2n) is 5.74. The standard InChI is InChI=1S/C16H11BrF3N5O2/c1-15(27,8-25-7-10(6-22)13(17)24-25)14(26)23-12-3-2-9(5-21)4-11(12)16(18,19)20/h2-4,7,27H,8H2,1H3,(H,23,26). The van der Waals surface area contributed by atoms with Gasteiger partial charge in [0.25, 0.3) is 5.91 Å². The van der Waals surface area contributed by atoms with Gasteiger partial charge < -0.3 is 10.4 Å². The summed E-state index contributed by atoms with van der Waals surface area (Å²) in [6.45, 7) is 0.692. The molecule has 1 heterocycles. The molecule has 0 bridgehead atoms. The molecule has 11 heteroatoms. The van der Waals surface area contributed by atoms with Crippen molar-refractivity contribution in [2.24, 2.45) is 0 Å². The number of carbonyl (C=O) groups excluding carboxylic acids is 1. The number of hydrogen-bond acceptors (Lipinski definition) is 5. The van der Waals surface area contributed by atoms with Crippen molar-refractivity contribution in [3.05, 3.63) is 45.7 Å². The fourth-order valence-electron chi connectivity index (χ4n) is 2.16. The Morgan fingerprint density at radius 1 is 1.37 bits per heavy atom. The van der Waals surface area contributed by atoms with Gasteiger partial charge in [-0.2, -0.15) is 28.8 Å². The third-order valence-electron chi connectivity index (χ3n) is 3.50. The van der Waals surface area contributed by atoms with Crippen LogP contribution in [0.15, 0.2) is 29.0 Å². The van der Waals surface area contributed by atoms with Gasteiger partial charge in [0.1, 0.15) is 16.2 Å². The maximum Gasteiger partial charge on any atom is 0.418 e. The van der Waals surface area contributed by atoms with Crippen LogP contribution in [0.25, 0.3) is 0 Å². The van der Waals surface area contributed by atoms with E-state index < -0.39 is 35.5 Å². The number of nitrogens with zero attached hydrogens (tertiary/aromatic N) is 4. The monoisotopic (exact) mass is 441 g/mol. The molecular formula is C16H11BrF3N5O2. The molecule has 0 spiro atoms. The summed E-state index contributed by atoms with van der Waals surface area (Å²) in [6, 6.07) is 6.09. The molecule has 1 unspecified atom stereocenters. The lowest BCUT2D eigenvalue weighted by Crippen LogP contribution is -2.44. The van der Waals surface area contributed by atoms with Gasteiger partial charge >= 0.3 is 6.18 Å². The average Bonchev–Trinajstić information content (AvgIpc) is 2.92. The summed E-state index contributed by atoms with van der Waals surface area (Å²) in [5.74, 6) is -1.11. The second-order valence-corrected chi connectivity index (χ2v) is 6.49. The van der Waals surface area contributed by atoms with Gasteiger partial charge in [-0.15, -0.1) is 0 Å². The van der Waals surface area contributed by atoms with E-state index in [0.29, 0.717) is 6.07 Å². The SMILES string of the molecule is CC(O)(Cn1cc(C#N)c(Br)n1)C(=O)Nc1ccc(C#N)cc1C(F)(F)F. The highest BCUT2D eigenvalue weighted by molar-refractivity contribution is 9.10. The molecule has 2 aromatic rings. The number of alkyl halides is 3. The van der Waals surface area contributed by atoms with Crippen LogP contribution in [0.2, 0.25) is 0 Å². The second kappa shape index (κ2) is 7.39. The van der Waals surface area contributed by atoms with Gasteiger partial charge in [0.2, 0.25) is 0 Å². The number of aliphatic hydroxyl groups is 1. The fourth-order valence-corrected chi connectivity index (χ4v) is 2.55. The molecule has 0 aliphatic carbocycles. The van der Waals surface area contributed by atoms with Crippen LogP contribution in [0.4, 0.5) is 18.9 Å². The quantitative estimate of drug-likeness (QED) is 0.756. The van der Waals surface area contributed by atoms with Gasteiger partial charge in [-0.05, 0) is 41.1 Å². The minimum absolute atomic E-state index is 0.164. The van der Waals surface area contributed by atoms with E-state index in [4.69, 9.17) is 10.5 Å². The zero-order chi connectivity index (χ0) is 20.4. The molecule has 2 N–H and O–H groups in total. The molecule has 1 aromatic heterocycles. The zero-order valence-corrected chi connectivity index (χ0v) is 15.3. The number of nitrogens with one attached hydrogen (secondary N) is 1. The van der Waals surface area contributed by atoms with E-state index in [0.717, 1.165) is 23.7 Å². The first-order valence-electron chi connectivity index (χ1n) is 7.26. The van der Waals surface area contributed by atoms with Gasteiger partial charge in [0.15, 0.2) is 5.60 Å². The number of anilines is 1. The summed E-state index contributed by atoms with van der Waals surface area (Å²) in [5, 5.41) is 33.9. The van der Waals surface area contributed by atoms with E-state index in [1.54, 1.807) is 6.07 Å². The average molecular weight is 442 g/mol. The number of carbonyl (C=O) groups is 1. The van der Waals surface area contributed by atoms with Crippen LogP contribution < -0.4 is 5.32 Å². The van der Waals surface area contributed by atoms with Gasteiger partial charge in [-0.3, -0.25) is 9.48 Å². The van der Waals surface area contributed by atoms with Gasteiger partial charge in [0.05, 0.1) is 29.4 Å². The highest BCUT2D eigenvalue weighted by atomic mass is 79.9. The largest absolute Gasteiger partial charge is 0.418 e. The molecule has 7 nitrogen and oxygen atoms in total. The number of benzene rings is 1. The third kappa shape index (κ3) is 4.64. The number of aromatic nitrogens is 2. The molecule has 0 saturated carbocycles. The summed E-state index contributed by atoms with van der Waals surface area (Å²) >= 11 is 3.03. The summed E-state index contributed by atoms with van der Waals surface area (Å²) in [5.41, 5.74) is -3.99. The molecular weight excluding hydrogens is 431 g/mol. The molecule has 0 saturated heterocycles. The number of halogens is 4. The molecule has 0 aliphatic heterocycles. The molecule has 2 rings (SSSR count). The Hall–Kier alpha value is -2.89.